The van der Waals surface area contributed by atoms with E-state index < -0.39 is 0 Å². The zero-order valence-corrected chi connectivity index (χ0v) is 12.2. The minimum Gasteiger partial charge on any atom is -0.383 e. The Morgan fingerprint density at radius 3 is 2.47 bits per heavy atom. The molecule has 2 aromatic heterocycles. The van der Waals surface area contributed by atoms with E-state index in [9.17, 15) is 0 Å². The van der Waals surface area contributed by atoms with Gasteiger partial charge in [-0.15, -0.1) is 0 Å². The molecule has 102 valence electrons. The molecule has 0 spiro atoms. The summed E-state index contributed by atoms with van der Waals surface area (Å²) in [5.74, 6) is 1.30. The summed E-state index contributed by atoms with van der Waals surface area (Å²) in [6.07, 6.45) is 3.81. The Bertz CT molecular complexity index is 592. The maximum absolute atomic E-state index is 6.02. The molecular weight excluding hydrogens is 238 g/mol. The maximum Gasteiger partial charge on any atom is 0.136 e. The molecule has 0 aromatic carbocycles. The van der Waals surface area contributed by atoms with Crippen LogP contribution >= 0.6 is 0 Å². The zero-order valence-electron chi connectivity index (χ0n) is 12.2. The van der Waals surface area contributed by atoms with Crippen molar-refractivity contribution in [1.29, 1.82) is 0 Å². The minimum atomic E-state index is -0.128. The lowest BCUT2D eigenvalue weighted by Gasteiger charge is -2.19. The summed E-state index contributed by atoms with van der Waals surface area (Å²) < 4.78 is 1.88. The minimum absolute atomic E-state index is 0.128. The largest absolute Gasteiger partial charge is 0.383 e. The van der Waals surface area contributed by atoms with Crippen LogP contribution < -0.4 is 5.73 Å². The predicted octanol–water partition coefficient (Wildman–Crippen LogP) is 2.55. The van der Waals surface area contributed by atoms with Crippen molar-refractivity contribution in [3.8, 4) is 11.3 Å². The Kier molecular flexibility index (Phi) is 3.30. The van der Waals surface area contributed by atoms with E-state index in [1.54, 1.807) is 0 Å². The molecule has 0 radical (unpaired) electrons. The second-order valence-electron chi connectivity index (χ2n) is 5.74. The Morgan fingerprint density at radius 2 is 1.95 bits per heavy atom. The van der Waals surface area contributed by atoms with Crippen LogP contribution in [0.3, 0.4) is 0 Å². The summed E-state index contributed by atoms with van der Waals surface area (Å²) in [5.41, 5.74) is 8.65. The van der Waals surface area contributed by atoms with Crippen LogP contribution in [0.1, 0.15) is 39.1 Å². The van der Waals surface area contributed by atoms with Crippen LogP contribution in [-0.4, -0.2) is 19.7 Å². The highest BCUT2D eigenvalue weighted by molar-refractivity contribution is 5.66. The van der Waals surface area contributed by atoms with E-state index in [0.717, 1.165) is 29.2 Å². The van der Waals surface area contributed by atoms with Crippen molar-refractivity contribution in [2.45, 2.75) is 46.6 Å². The molecule has 0 atom stereocenters. The van der Waals surface area contributed by atoms with Gasteiger partial charge in [0.15, 0.2) is 0 Å². The lowest BCUT2D eigenvalue weighted by Crippen LogP contribution is -2.18. The highest BCUT2D eigenvalue weighted by Gasteiger charge is 2.21. The van der Waals surface area contributed by atoms with Gasteiger partial charge in [-0.25, -0.2) is 9.97 Å². The number of aromatic nitrogens is 4. The second-order valence-corrected chi connectivity index (χ2v) is 5.74. The van der Waals surface area contributed by atoms with Gasteiger partial charge in [0.2, 0.25) is 0 Å². The van der Waals surface area contributed by atoms with E-state index in [-0.39, 0.29) is 5.41 Å². The molecule has 19 heavy (non-hydrogen) atoms. The van der Waals surface area contributed by atoms with Gasteiger partial charge in [-0.3, -0.25) is 4.68 Å². The van der Waals surface area contributed by atoms with Crippen molar-refractivity contribution in [3.05, 3.63) is 23.8 Å². The van der Waals surface area contributed by atoms with E-state index in [4.69, 9.17) is 5.73 Å². The van der Waals surface area contributed by atoms with Crippen molar-refractivity contribution < 1.29 is 0 Å². The van der Waals surface area contributed by atoms with E-state index in [2.05, 4.69) is 42.8 Å². The Balaban J connectivity index is 2.59. The molecule has 0 unspecified atom stereocenters. The topological polar surface area (TPSA) is 69.6 Å². The molecule has 0 aliphatic carbocycles. The third-order valence-electron chi connectivity index (χ3n) is 3.08. The number of nitrogens with zero attached hydrogens (tertiary/aromatic N) is 4. The molecule has 0 saturated heterocycles. The van der Waals surface area contributed by atoms with Crippen LogP contribution in [-0.2, 0) is 12.0 Å². The number of aryl methyl sites for hydroxylation is 1. The number of anilines is 1. The van der Waals surface area contributed by atoms with Gasteiger partial charge in [-0.2, -0.15) is 5.10 Å². The van der Waals surface area contributed by atoms with Crippen LogP contribution in [0, 0.1) is 6.92 Å². The summed E-state index contributed by atoms with van der Waals surface area (Å²) >= 11 is 0. The average molecular weight is 259 g/mol. The first-order chi connectivity index (χ1) is 8.82. The van der Waals surface area contributed by atoms with Crippen LogP contribution in [0.5, 0.6) is 0 Å². The van der Waals surface area contributed by atoms with Gasteiger partial charge < -0.3 is 5.73 Å². The fourth-order valence-corrected chi connectivity index (χ4v) is 1.81. The van der Waals surface area contributed by atoms with Crippen LogP contribution in [0.15, 0.2) is 12.4 Å². The molecular formula is C14H21N5. The molecule has 2 rings (SSSR count). The molecule has 2 aromatic rings. The fraction of sp³-hybridized carbons (Fsp3) is 0.500. The van der Waals surface area contributed by atoms with Gasteiger partial charge in [0.05, 0.1) is 11.9 Å². The molecule has 0 bridgehead atoms. The zero-order chi connectivity index (χ0) is 14.2. The monoisotopic (exact) mass is 259 g/mol. The summed E-state index contributed by atoms with van der Waals surface area (Å²) in [5, 5.41) is 4.29. The number of rotatable bonds is 2. The van der Waals surface area contributed by atoms with Crippen LogP contribution in [0.2, 0.25) is 0 Å². The lowest BCUT2D eigenvalue weighted by molar-refractivity contribution is 0.546. The summed E-state index contributed by atoms with van der Waals surface area (Å²) in [6, 6.07) is 0. The smallest absolute Gasteiger partial charge is 0.136 e. The molecule has 0 aliphatic heterocycles. The SMILES string of the molecule is CCn1cc(-c2nc(C(C)(C)C)nc(N)c2C)cn1. The van der Waals surface area contributed by atoms with Crippen molar-refractivity contribution >= 4 is 5.82 Å². The van der Waals surface area contributed by atoms with Crippen molar-refractivity contribution in [2.24, 2.45) is 0 Å². The van der Waals surface area contributed by atoms with Gasteiger partial charge in [0.25, 0.3) is 0 Å². The third kappa shape index (κ3) is 2.59. The first kappa shape index (κ1) is 13.5. The van der Waals surface area contributed by atoms with Gasteiger partial charge in [-0.05, 0) is 13.8 Å². The molecule has 0 amide bonds. The molecule has 5 heteroatoms. The highest BCUT2D eigenvalue weighted by Crippen LogP contribution is 2.28. The fourth-order valence-electron chi connectivity index (χ4n) is 1.81. The molecule has 0 saturated carbocycles. The third-order valence-corrected chi connectivity index (χ3v) is 3.08. The van der Waals surface area contributed by atoms with E-state index in [1.165, 1.54) is 0 Å². The number of nitrogen functional groups attached to an aromatic ring is 1. The van der Waals surface area contributed by atoms with E-state index in [0.29, 0.717) is 5.82 Å². The van der Waals surface area contributed by atoms with Gasteiger partial charge in [-0.1, -0.05) is 20.8 Å². The Morgan fingerprint density at radius 1 is 1.26 bits per heavy atom. The Labute approximate surface area is 113 Å². The standard InChI is InChI=1S/C14H21N5/c1-6-19-8-10(7-16-19)11-9(2)12(15)18-13(17-11)14(3,4)5/h7-8H,6H2,1-5H3,(H2,15,17,18). The summed E-state index contributed by atoms with van der Waals surface area (Å²) in [7, 11) is 0. The highest BCUT2D eigenvalue weighted by atomic mass is 15.3. The van der Waals surface area contributed by atoms with Gasteiger partial charge in [0.1, 0.15) is 11.6 Å². The van der Waals surface area contributed by atoms with Gasteiger partial charge >= 0.3 is 0 Å². The quantitative estimate of drug-likeness (QED) is 0.899. The molecule has 0 aliphatic rings. The maximum atomic E-state index is 6.02. The normalized spacial score (nSPS) is 11.8. The summed E-state index contributed by atoms with van der Waals surface area (Å²) in [6.45, 7) is 11.1. The van der Waals surface area contributed by atoms with Crippen molar-refractivity contribution in [3.63, 3.8) is 0 Å². The number of nitrogens with two attached hydrogens (primary N) is 1. The Hall–Kier alpha value is -1.91. The first-order valence-electron chi connectivity index (χ1n) is 6.50. The van der Waals surface area contributed by atoms with E-state index in [1.807, 2.05) is 24.0 Å². The lowest BCUT2D eigenvalue weighted by atomic mass is 9.95. The predicted molar refractivity (Wildman–Crippen MR) is 76.8 cm³/mol. The molecule has 2 heterocycles. The average Bonchev–Trinajstić information content (AvgIpc) is 2.79. The van der Waals surface area contributed by atoms with Crippen molar-refractivity contribution in [2.75, 3.05) is 5.73 Å². The van der Waals surface area contributed by atoms with Crippen LogP contribution in [0.25, 0.3) is 11.3 Å². The van der Waals surface area contributed by atoms with Crippen molar-refractivity contribution in [1.82, 2.24) is 19.7 Å². The number of hydrogen-bond donors (Lipinski definition) is 1. The number of hydrogen-bond acceptors (Lipinski definition) is 4. The molecule has 5 nitrogen and oxygen atoms in total. The molecule has 0 fully saturated rings. The molecule has 2 N–H and O–H groups in total. The van der Waals surface area contributed by atoms with Gasteiger partial charge in [0, 0.05) is 29.3 Å². The van der Waals surface area contributed by atoms with E-state index >= 15 is 0 Å². The summed E-state index contributed by atoms with van der Waals surface area (Å²) in [4.78, 5) is 9.07. The van der Waals surface area contributed by atoms with Crippen LogP contribution in [0.4, 0.5) is 5.82 Å². The first-order valence-corrected chi connectivity index (χ1v) is 6.50. The second kappa shape index (κ2) is 4.64.